The van der Waals surface area contributed by atoms with Gasteiger partial charge in [-0.1, -0.05) is 0 Å². The number of rotatable bonds is 10. The van der Waals surface area contributed by atoms with Gasteiger partial charge in [0.05, 0.1) is 12.0 Å². The number of aliphatic carboxylic acids is 1. The lowest BCUT2D eigenvalue weighted by Crippen LogP contribution is -2.28. The molecule has 0 aromatic heterocycles. The van der Waals surface area contributed by atoms with Crippen molar-refractivity contribution in [3.63, 3.8) is 0 Å². The third-order valence-corrected chi connectivity index (χ3v) is 3.59. The Kier molecular flexibility index (Phi) is 6.09. The Morgan fingerprint density at radius 2 is 2.06 bits per heavy atom. The van der Waals surface area contributed by atoms with E-state index in [1.54, 1.807) is 13.8 Å². The second-order valence-electron chi connectivity index (χ2n) is 6.11. The highest BCUT2D eigenvalue weighted by Gasteiger charge is 2.26. The molecule has 106 valence electrons. The van der Waals surface area contributed by atoms with Crippen LogP contribution < -0.4 is 0 Å². The van der Waals surface area contributed by atoms with Gasteiger partial charge in [-0.3, -0.25) is 4.79 Å². The molecule has 0 bridgehead atoms. The fraction of sp³-hybridized carbons (Fsp3) is 0.929. The minimum absolute atomic E-state index is 0.608. The van der Waals surface area contributed by atoms with Crippen molar-refractivity contribution >= 4 is 5.97 Å². The maximum absolute atomic E-state index is 10.9. The summed E-state index contributed by atoms with van der Waals surface area (Å²) in [5.74, 6) is 0.115. The average Bonchev–Trinajstić information content (AvgIpc) is 3.08. The molecule has 0 radical (unpaired) electrons. The number of carboxylic acids is 1. The van der Waals surface area contributed by atoms with Crippen LogP contribution >= 0.6 is 0 Å². The molecule has 0 aromatic carbocycles. The highest BCUT2D eigenvalue weighted by atomic mass is 16.5. The van der Waals surface area contributed by atoms with E-state index in [1.807, 2.05) is 0 Å². The second-order valence-corrected chi connectivity index (χ2v) is 6.11. The molecule has 0 atom stereocenters. The Bertz CT molecular complexity index is 262. The Morgan fingerprint density at radius 1 is 1.39 bits per heavy atom. The molecule has 0 heterocycles. The van der Waals surface area contributed by atoms with E-state index in [0.717, 1.165) is 45.1 Å². The quantitative estimate of drug-likeness (QED) is 0.610. The summed E-state index contributed by atoms with van der Waals surface area (Å²) >= 11 is 0. The van der Waals surface area contributed by atoms with Crippen LogP contribution in [0, 0.1) is 11.3 Å². The van der Waals surface area contributed by atoms with E-state index >= 15 is 0 Å². The number of ether oxygens (including phenoxy) is 1. The topological polar surface area (TPSA) is 49.8 Å². The second kappa shape index (κ2) is 7.10. The van der Waals surface area contributed by atoms with Crippen molar-refractivity contribution < 1.29 is 14.6 Å². The van der Waals surface area contributed by atoms with Gasteiger partial charge in [0.15, 0.2) is 0 Å². The molecule has 0 amide bonds. The smallest absolute Gasteiger partial charge is 0.309 e. The van der Waals surface area contributed by atoms with E-state index in [9.17, 15) is 4.79 Å². The molecule has 4 nitrogen and oxygen atoms in total. The first-order valence-corrected chi connectivity index (χ1v) is 6.91. The van der Waals surface area contributed by atoms with Crippen LogP contribution in [0.2, 0.25) is 0 Å². The Hall–Kier alpha value is -0.610. The molecule has 0 spiro atoms. The van der Waals surface area contributed by atoms with E-state index in [0.29, 0.717) is 0 Å². The maximum Gasteiger partial charge on any atom is 0.309 e. The fourth-order valence-corrected chi connectivity index (χ4v) is 1.76. The number of carbonyl (C=O) groups is 1. The monoisotopic (exact) mass is 257 g/mol. The van der Waals surface area contributed by atoms with Gasteiger partial charge in [0, 0.05) is 13.2 Å². The molecule has 18 heavy (non-hydrogen) atoms. The lowest BCUT2D eigenvalue weighted by atomic mass is 9.88. The zero-order valence-electron chi connectivity index (χ0n) is 11.9. The zero-order chi connectivity index (χ0) is 13.6. The molecule has 1 N–H and O–H groups in total. The van der Waals surface area contributed by atoms with Crippen LogP contribution in [0.5, 0.6) is 0 Å². The van der Waals surface area contributed by atoms with Gasteiger partial charge in [-0.2, -0.15) is 0 Å². The van der Waals surface area contributed by atoms with E-state index in [2.05, 4.69) is 11.9 Å². The Labute approximate surface area is 110 Å². The van der Waals surface area contributed by atoms with Crippen molar-refractivity contribution in [1.29, 1.82) is 0 Å². The number of likely N-dealkylation sites (N-methyl/N-ethyl adjacent to an activating group) is 1. The molecule has 1 rings (SSSR count). The van der Waals surface area contributed by atoms with Crippen molar-refractivity contribution in [1.82, 2.24) is 4.90 Å². The highest BCUT2D eigenvalue weighted by Crippen LogP contribution is 2.28. The molecular weight excluding hydrogens is 230 g/mol. The predicted molar refractivity (Wildman–Crippen MR) is 71.7 cm³/mol. The largest absolute Gasteiger partial charge is 0.481 e. The maximum atomic E-state index is 10.9. The van der Waals surface area contributed by atoms with Crippen LogP contribution in [0.4, 0.5) is 0 Å². The van der Waals surface area contributed by atoms with Crippen molar-refractivity contribution in [3.8, 4) is 0 Å². The average molecular weight is 257 g/mol. The Balaban J connectivity index is 1.98. The van der Waals surface area contributed by atoms with Crippen LogP contribution in [0.15, 0.2) is 0 Å². The van der Waals surface area contributed by atoms with Gasteiger partial charge in [0.1, 0.15) is 0 Å². The van der Waals surface area contributed by atoms with Gasteiger partial charge in [-0.05, 0) is 59.0 Å². The number of nitrogens with zero attached hydrogens (tertiary/aromatic N) is 1. The summed E-state index contributed by atoms with van der Waals surface area (Å²) in [6.07, 6.45) is 4.30. The van der Waals surface area contributed by atoms with Gasteiger partial charge in [0.25, 0.3) is 0 Å². The molecule has 1 aliphatic rings. The van der Waals surface area contributed by atoms with E-state index < -0.39 is 11.4 Å². The first-order chi connectivity index (χ1) is 8.42. The van der Waals surface area contributed by atoms with Crippen molar-refractivity contribution in [2.75, 3.05) is 33.4 Å². The third-order valence-electron chi connectivity index (χ3n) is 3.59. The standard InChI is InChI=1S/C14H27NO3/c1-14(2,13(16)17)7-4-8-15(3)9-10-18-11-12-5-6-12/h12H,4-11H2,1-3H3,(H,16,17). The van der Waals surface area contributed by atoms with Gasteiger partial charge in [-0.15, -0.1) is 0 Å². The summed E-state index contributed by atoms with van der Waals surface area (Å²) < 4.78 is 5.58. The molecule has 1 saturated carbocycles. The molecule has 0 aromatic rings. The van der Waals surface area contributed by atoms with E-state index in [4.69, 9.17) is 9.84 Å². The highest BCUT2D eigenvalue weighted by molar-refractivity contribution is 5.73. The van der Waals surface area contributed by atoms with Gasteiger partial charge in [0.2, 0.25) is 0 Å². The number of hydrogen-bond acceptors (Lipinski definition) is 3. The van der Waals surface area contributed by atoms with Crippen LogP contribution in [0.3, 0.4) is 0 Å². The Morgan fingerprint density at radius 3 is 2.61 bits per heavy atom. The summed E-state index contributed by atoms with van der Waals surface area (Å²) in [5, 5.41) is 9.00. The normalized spacial score (nSPS) is 16.2. The van der Waals surface area contributed by atoms with Crippen LogP contribution in [-0.4, -0.2) is 49.3 Å². The molecule has 4 heteroatoms. The summed E-state index contributed by atoms with van der Waals surface area (Å²) in [7, 11) is 2.06. The predicted octanol–water partition coefficient (Wildman–Crippen LogP) is 2.24. The summed E-state index contributed by atoms with van der Waals surface area (Å²) in [4.78, 5) is 13.2. The molecule has 1 fully saturated rings. The van der Waals surface area contributed by atoms with E-state index in [-0.39, 0.29) is 0 Å². The van der Waals surface area contributed by atoms with Crippen molar-refractivity contribution in [3.05, 3.63) is 0 Å². The molecule has 0 saturated heterocycles. The van der Waals surface area contributed by atoms with Crippen molar-refractivity contribution in [2.45, 2.75) is 39.5 Å². The number of carboxylic acid groups (broad SMARTS) is 1. The van der Waals surface area contributed by atoms with Gasteiger partial charge >= 0.3 is 5.97 Å². The van der Waals surface area contributed by atoms with Crippen LogP contribution in [-0.2, 0) is 9.53 Å². The molecule has 0 unspecified atom stereocenters. The lowest BCUT2D eigenvalue weighted by molar-refractivity contribution is -0.147. The van der Waals surface area contributed by atoms with Crippen LogP contribution in [0.25, 0.3) is 0 Å². The van der Waals surface area contributed by atoms with Gasteiger partial charge in [-0.25, -0.2) is 0 Å². The van der Waals surface area contributed by atoms with Crippen LogP contribution in [0.1, 0.15) is 39.5 Å². The first-order valence-electron chi connectivity index (χ1n) is 6.91. The summed E-state index contributed by atoms with van der Waals surface area (Å²) in [5.41, 5.74) is -0.608. The lowest BCUT2D eigenvalue weighted by Gasteiger charge is -2.21. The molecule has 0 aliphatic heterocycles. The molecule has 1 aliphatic carbocycles. The van der Waals surface area contributed by atoms with E-state index in [1.165, 1.54) is 12.8 Å². The molecular formula is C14H27NO3. The zero-order valence-corrected chi connectivity index (χ0v) is 11.9. The minimum Gasteiger partial charge on any atom is -0.481 e. The summed E-state index contributed by atoms with van der Waals surface area (Å²) in [6, 6.07) is 0. The van der Waals surface area contributed by atoms with Crippen molar-refractivity contribution in [2.24, 2.45) is 11.3 Å². The van der Waals surface area contributed by atoms with Gasteiger partial charge < -0.3 is 14.7 Å². The minimum atomic E-state index is -0.710. The fourth-order valence-electron chi connectivity index (χ4n) is 1.76. The third kappa shape index (κ3) is 6.36. The number of hydrogen-bond donors (Lipinski definition) is 1. The SMILES string of the molecule is CN(CCCC(C)(C)C(=O)O)CCOCC1CC1. The first kappa shape index (κ1) is 15.4. The summed E-state index contributed by atoms with van der Waals surface area (Å²) in [6.45, 7) is 7.14.